The molecule has 62 valence electrons. The van der Waals surface area contributed by atoms with Crippen LogP contribution in [0, 0.1) is 0 Å². The molecule has 0 spiro atoms. The Kier molecular flexibility index (Phi) is 4.47. The van der Waals surface area contributed by atoms with E-state index >= 15 is 0 Å². The molecule has 0 bridgehead atoms. The third-order valence-electron chi connectivity index (χ3n) is 0.758. The molecule has 0 saturated carbocycles. The number of halogens is 2. The fraction of sp³-hybridized carbons (Fsp3) is 1.00. The molecule has 0 aromatic carbocycles. The number of rotatable bonds is 4. The van der Waals surface area contributed by atoms with Gasteiger partial charge in [0, 0.05) is 0 Å². The summed E-state index contributed by atoms with van der Waals surface area (Å²) in [4.78, 5) is 0. The van der Waals surface area contributed by atoms with Crippen LogP contribution in [0.15, 0.2) is 0 Å². The van der Waals surface area contributed by atoms with Crippen LogP contribution in [0.3, 0.4) is 0 Å². The van der Waals surface area contributed by atoms with Gasteiger partial charge in [0.1, 0.15) is 0 Å². The minimum absolute atomic E-state index is 0.833. The van der Waals surface area contributed by atoms with Crippen molar-refractivity contribution in [1.82, 2.24) is 0 Å². The Labute approximate surface area is 59.1 Å². The van der Waals surface area contributed by atoms with Gasteiger partial charge in [0.05, 0.1) is 0 Å². The van der Waals surface area contributed by atoms with E-state index in [1.54, 1.807) is 0 Å². The Morgan fingerprint density at radius 2 is 1.20 bits per heavy atom. The Balaban J connectivity index is 3.34. The van der Waals surface area contributed by atoms with E-state index in [2.05, 4.69) is 9.47 Å². The average Bonchev–Trinajstić information content (AvgIpc) is 1.58. The number of hydrogen-bond acceptors (Lipinski definition) is 2. The Hall–Kier alpha value is -0.220. The molecule has 0 radical (unpaired) electrons. The summed E-state index contributed by atoms with van der Waals surface area (Å²) in [6.45, 7) is 3.86. The van der Waals surface area contributed by atoms with E-state index < -0.39 is 19.0 Å². The summed E-state index contributed by atoms with van der Waals surface area (Å²) in [6, 6.07) is 0. The molecule has 0 amide bonds. The molecule has 0 N–H and O–H groups in total. The first-order chi connectivity index (χ1) is 4.52. The van der Waals surface area contributed by atoms with Gasteiger partial charge < -0.3 is 9.47 Å². The van der Waals surface area contributed by atoms with E-state index in [1.165, 1.54) is 20.8 Å². The minimum Gasteiger partial charge on any atom is -0.319 e. The van der Waals surface area contributed by atoms with Gasteiger partial charge >= 0.3 is 0 Å². The molecule has 0 heterocycles. The van der Waals surface area contributed by atoms with Crippen molar-refractivity contribution in [1.29, 1.82) is 0 Å². The zero-order valence-corrected chi connectivity index (χ0v) is 6.30. The number of hydrogen-bond donors (Lipinski definition) is 0. The van der Waals surface area contributed by atoms with Crippen molar-refractivity contribution < 1.29 is 18.3 Å². The zero-order valence-electron chi connectivity index (χ0n) is 6.30. The first-order valence-corrected chi connectivity index (χ1v) is 3.11. The molecule has 4 heteroatoms. The van der Waals surface area contributed by atoms with E-state index in [1.807, 2.05) is 0 Å². The van der Waals surface area contributed by atoms with Gasteiger partial charge in [0.15, 0.2) is 19.0 Å². The smallest absolute Gasteiger partial charge is 0.198 e. The van der Waals surface area contributed by atoms with Crippen LogP contribution < -0.4 is 0 Å². The van der Waals surface area contributed by atoms with Crippen molar-refractivity contribution in [3.05, 3.63) is 0 Å². The molecular formula is C6H12F2O2. The van der Waals surface area contributed by atoms with Crippen LogP contribution in [0.4, 0.5) is 8.78 Å². The van der Waals surface area contributed by atoms with Crippen LogP contribution in [-0.4, -0.2) is 19.0 Å². The summed E-state index contributed by atoms with van der Waals surface area (Å²) >= 11 is 0. The topological polar surface area (TPSA) is 18.5 Å². The molecule has 0 aliphatic rings. The van der Waals surface area contributed by atoms with Gasteiger partial charge in [-0.15, -0.1) is 0 Å². The molecule has 2 unspecified atom stereocenters. The Morgan fingerprint density at radius 3 is 1.40 bits per heavy atom. The zero-order chi connectivity index (χ0) is 8.15. The van der Waals surface area contributed by atoms with E-state index in [4.69, 9.17) is 0 Å². The third kappa shape index (κ3) is 5.91. The molecule has 0 fully saturated rings. The normalized spacial score (nSPS) is 20.1. The summed E-state index contributed by atoms with van der Waals surface area (Å²) in [5.74, 6) is 0. The Morgan fingerprint density at radius 1 is 0.900 bits per heavy atom. The van der Waals surface area contributed by atoms with Crippen LogP contribution in [0.25, 0.3) is 0 Å². The summed E-state index contributed by atoms with van der Waals surface area (Å²) in [5.41, 5.74) is 0. The summed E-state index contributed by atoms with van der Waals surface area (Å²) < 4.78 is 32.8. The molecule has 0 saturated heterocycles. The number of alkyl halides is 2. The fourth-order valence-corrected chi connectivity index (χ4v) is 0.560. The SMILES string of the molecule is CC(F)OC(C)OC(C)F. The summed E-state index contributed by atoms with van der Waals surface area (Å²) in [6.07, 6.45) is -3.68. The van der Waals surface area contributed by atoms with Crippen LogP contribution in [0.5, 0.6) is 0 Å². The van der Waals surface area contributed by atoms with E-state index in [0.29, 0.717) is 0 Å². The van der Waals surface area contributed by atoms with Crippen molar-refractivity contribution in [2.24, 2.45) is 0 Å². The maximum atomic E-state index is 12.0. The van der Waals surface area contributed by atoms with Crippen molar-refractivity contribution in [2.45, 2.75) is 39.8 Å². The van der Waals surface area contributed by atoms with Crippen LogP contribution in [-0.2, 0) is 9.47 Å². The lowest BCUT2D eigenvalue weighted by molar-refractivity contribution is -0.227. The highest BCUT2D eigenvalue weighted by atomic mass is 19.2. The largest absolute Gasteiger partial charge is 0.319 e. The van der Waals surface area contributed by atoms with E-state index in [-0.39, 0.29) is 0 Å². The summed E-state index contributed by atoms with van der Waals surface area (Å²) in [5, 5.41) is 0. The van der Waals surface area contributed by atoms with Gasteiger partial charge in [-0.05, 0) is 20.8 Å². The molecule has 2 nitrogen and oxygen atoms in total. The van der Waals surface area contributed by atoms with Crippen molar-refractivity contribution in [3.63, 3.8) is 0 Å². The highest BCUT2D eigenvalue weighted by molar-refractivity contribution is 4.34. The van der Waals surface area contributed by atoms with Gasteiger partial charge in [0.2, 0.25) is 0 Å². The first-order valence-electron chi connectivity index (χ1n) is 3.11. The molecule has 0 aromatic rings. The predicted octanol–water partition coefficient (Wildman–Crippen LogP) is 2.00. The second kappa shape index (κ2) is 4.57. The molecular weight excluding hydrogens is 142 g/mol. The Bertz CT molecular complexity index is 75.8. The van der Waals surface area contributed by atoms with E-state index in [0.717, 1.165) is 0 Å². The van der Waals surface area contributed by atoms with Gasteiger partial charge in [-0.2, -0.15) is 0 Å². The summed E-state index contributed by atoms with van der Waals surface area (Å²) in [7, 11) is 0. The van der Waals surface area contributed by atoms with E-state index in [9.17, 15) is 8.78 Å². The molecule has 0 rings (SSSR count). The maximum absolute atomic E-state index is 12.0. The fourth-order valence-electron chi connectivity index (χ4n) is 0.560. The first kappa shape index (κ1) is 9.78. The lowest BCUT2D eigenvalue weighted by atomic mass is 10.7. The highest BCUT2D eigenvalue weighted by Crippen LogP contribution is 2.04. The van der Waals surface area contributed by atoms with Crippen molar-refractivity contribution in [2.75, 3.05) is 0 Å². The van der Waals surface area contributed by atoms with Crippen molar-refractivity contribution >= 4 is 0 Å². The molecule has 0 aliphatic heterocycles. The van der Waals surface area contributed by atoms with Gasteiger partial charge in [-0.1, -0.05) is 0 Å². The van der Waals surface area contributed by atoms with Crippen molar-refractivity contribution in [3.8, 4) is 0 Å². The lowest BCUT2D eigenvalue weighted by Gasteiger charge is -2.14. The quantitative estimate of drug-likeness (QED) is 0.576. The maximum Gasteiger partial charge on any atom is 0.198 e. The van der Waals surface area contributed by atoms with Gasteiger partial charge in [-0.3, -0.25) is 0 Å². The average molecular weight is 154 g/mol. The molecule has 10 heavy (non-hydrogen) atoms. The molecule has 0 aromatic heterocycles. The minimum atomic E-state index is -1.42. The van der Waals surface area contributed by atoms with Crippen LogP contribution in [0.2, 0.25) is 0 Å². The number of ether oxygens (including phenoxy) is 2. The van der Waals surface area contributed by atoms with Crippen LogP contribution >= 0.6 is 0 Å². The highest BCUT2D eigenvalue weighted by Gasteiger charge is 2.09. The lowest BCUT2D eigenvalue weighted by Crippen LogP contribution is -2.19. The third-order valence-corrected chi connectivity index (χ3v) is 0.758. The second-order valence-corrected chi connectivity index (χ2v) is 1.93. The standard InChI is InChI=1S/C6H12F2O2/c1-4(7)9-6(3)10-5(2)8/h4-6H,1-3H3. The van der Waals surface area contributed by atoms with Gasteiger partial charge in [0.25, 0.3) is 0 Å². The van der Waals surface area contributed by atoms with Crippen LogP contribution in [0.1, 0.15) is 20.8 Å². The van der Waals surface area contributed by atoms with Gasteiger partial charge in [-0.25, -0.2) is 8.78 Å². The predicted molar refractivity (Wildman–Crippen MR) is 32.8 cm³/mol. The molecule has 0 aliphatic carbocycles. The molecule has 2 atom stereocenters. The second-order valence-electron chi connectivity index (χ2n) is 1.93. The monoisotopic (exact) mass is 154 g/mol.